The first-order valence-corrected chi connectivity index (χ1v) is 3.81. The Labute approximate surface area is 64.7 Å². The molecule has 0 fully saturated rings. The fourth-order valence-corrected chi connectivity index (χ4v) is 0.712. The quantitative estimate of drug-likeness (QED) is 0.571. The molecule has 0 bridgehead atoms. The minimum atomic E-state index is 0.215. The van der Waals surface area contributed by atoms with Gasteiger partial charge in [0.05, 0.1) is 0 Å². The minimum absolute atomic E-state index is 0.215. The van der Waals surface area contributed by atoms with Crippen molar-refractivity contribution in [2.24, 2.45) is 0 Å². The summed E-state index contributed by atoms with van der Waals surface area (Å²) in [4.78, 5) is 2.22. The highest BCUT2D eigenvalue weighted by atomic mass is 15.2. The van der Waals surface area contributed by atoms with Crippen LogP contribution < -0.4 is 0 Å². The molecule has 10 heavy (non-hydrogen) atoms. The molecule has 0 saturated heterocycles. The van der Waals surface area contributed by atoms with Crippen molar-refractivity contribution in [3.63, 3.8) is 0 Å². The predicted octanol–water partition coefficient (Wildman–Crippen LogP) is 2.64. The van der Waals surface area contributed by atoms with E-state index in [-0.39, 0.29) is 5.54 Å². The second-order valence-electron chi connectivity index (χ2n) is 3.65. The lowest BCUT2D eigenvalue weighted by Gasteiger charge is -2.35. The van der Waals surface area contributed by atoms with Crippen molar-refractivity contribution >= 4 is 0 Å². The van der Waals surface area contributed by atoms with Gasteiger partial charge in [0.2, 0.25) is 0 Å². The lowest BCUT2D eigenvalue weighted by Crippen LogP contribution is -2.36. The van der Waals surface area contributed by atoms with E-state index < -0.39 is 0 Å². The lowest BCUT2D eigenvalue weighted by molar-refractivity contribution is 0.223. The van der Waals surface area contributed by atoms with Gasteiger partial charge >= 0.3 is 0 Å². The molecular formula is C9H19N. The summed E-state index contributed by atoms with van der Waals surface area (Å²) in [5, 5.41) is 0. The molecule has 0 aliphatic rings. The summed E-state index contributed by atoms with van der Waals surface area (Å²) < 4.78 is 0. The predicted molar refractivity (Wildman–Crippen MR) is 46.9 cm³/mol. The van der Waals surface area contributed by atoms with E-state index >= 15 is 0 Å². The van der Waals surface area contributed by atoms with Gasteiger partial charge in [-0.05, 0) is 27.2 Å². The third-order valence-electron chi connectivity index (χ3n) is 1.89. The Kier molecular flexibility index (Phi) is 2.95. The number of allylic oxidation sites excluding steroid dienone is 1. The highest BCUT2D eigenvalue weighted by Gasteiger charge is 2.16. The summed E-state index contributed by atoms with van der Waals surface area (Å²) in [6, 6.07) is 0. The Bertz CT molecular complexity index is 119. The van der Waals surface area contributed by atoms with Crippen molar-refractivity contribution in [1.82, 2.24) is 4.90 Å². The van der Waals surface area contributed by atoms with Gasteiger partial charge in [-0.15, -0.1) is 0 Å². The van der Waals surface area contributed by atoms with Gasteiger partial charge in [0, 0.05) is 18.3 Å². The molecule has 0 saturated carbocycles. The van der Waals surface area contributed by atoms with Gasteiger partial charge in [0.1, 0.15) is 0 Å². The maximum absolute atomic E-state index is 3.97. The van der Waals surface area contributed by atoms with Crippen LogP contribution in [0, 0.1) is 0 Å². The topological polar surface area (TPSA) is 3.24 Å². The van der Waals surface area contributed by atoms with Gasteiger partial charge in [-0.1, -0.05) is 13.5 Å². The Hall–Kier alpha value is -0.460. The fraction of sp³-hybridized carbons (Fsp3) is 0.778. The average Bonchev–Trinajstić information content (AvgIpc) is 1.83. The Morgan fingerprint density at radius 3 is 1.90 bits per heavy atom. The van der Waals surface area contributed by atoms with Gasteiger partial charge in [-0.25, -0.2) is 0 Å². The highest BCUT2D eigenvalue weighted by Crippen LogP contribution is 2.16. The third kappa shape index (κ3) is 2.42. The summed E-state index contributed by atoms with van der Waals surface area (Å²) in [6.07, 6.45) is 1.04. The molecule has 0 aromatic heterocycles. The van der Waals surface area contributed by atoms with Crippen LogP contribution in [0.1, 0.15) is 34.1 Å². The summed E-state index contributed by atoms with van der Waals surface area (Å²) in [7, 11) is 2.09. The molecule has 0 aliphatic heterocycles. The average molecular weight is 141 g/mol. The van der Waals surface area contributed by atoms with Gasteiger partial charge in [0.15, 0.2) is 0 Å². The zero-order valence-electron chi connectivity index (χ0n) is 7.86. The van der Waals surface area contributed by atoms with Gasteiger partial charge in [-0.3, -0.25) is 0 Å². The maximum atomic E-state index is 3.97. The van der Waals surface area contributed by atoms with Gasteiger partial charge < -0.3 is 4.90 Å². The van der Waals surface area contributed by atoms with Gasteiger partial charge in [-0.2, -0.15) is 0 Å². The Morgan fingerprint density at radius 1 is 1.40 bits per heavy atom. The minimum Gasteiger partial charge on any atom is -0.374 e. The first-order valence-electron chi connectivity index (χ1n) is 3.81. The molecule has 0 aromatic carbocycles. The number of hydrogen-bond acceptors (Lipinski definition) is 1. The summed E-state index contributed by atoms with van der Waals surface area (Å²) in [5.74, 6) is 0. The van der Waals surface area contributed by atoms with E-state index in [4.69, 9.17) is 0 Å². The van der Waals surface area contributed by atoms with Crippen LogP contribution in [0.5, 0.6) is 0 Å². The third-order valence-corrected chi connectivity index (χ3v) is 1.89. The first kappa shape index (κ1) is 9.54. The Morgan fingerprint density at radius 2 is 1.80 bits per heavy atom. The van der Waals surface area contributed by atoms with Crippen molar-refractivity contribution in [2.45, 2.75) is 39.7 Å². The van der Waals surface area contributed by atoms with Gasteiger partial charge in [0.25, 0.3) is 0 Å². The van der Waals surface area contributed by atoms with E-state index in [9.17, 15) is 0 Å². The van der Waals surface area contributed by atoms with E-state index in [1.165, 1.54) is 5.70 Å². The fourth-order valence-electron chi connectivity index (χ4n) is 0.712. The smallest absolute Gasteiger partial charge is 0.0311 e. The summed E-state index contributed by atoms with van der Waals surface area (Å²) >= 11 is 0. The zero-order chi connectivity index (χ0) is 8.36. The SMILES string of the molecule is C=C(CC)N(C)C(C)(C)C. The molecular weight excluding hydrogens is 122 g/mol. The van der Waals surface area contributed by atoms with Crippen LogP contribution in [0.3, 0.4) is 0 Å². The molecule has 0 heterocycles. The molecule has 0 aliphatic carbocycles. The molecule has 1 nitrogen and oxygen atoms in total. The molecule has 0 atom stereocenters. The van der Waals surface area contributed by atoms with E-state index in [0.717, 1.165) is 6.42 Å². The van der Waals surface area contributed by atoms with Crippen LogP contribution in [0.4, 0.5) is 0 Å². The molecule has 0 N–H and O–H groups in total. The highest BCUT2D eigenvalue weighted by molar-refractivity contribution is 4.96. The van der Waals surface area contributed by atoms with Crippen molar-refractivity contribution in [3.8, 4) is 0 Å². The molecule has 0 unspecified atom stereocenters. The second-order valence-corrected chi connectivity index (χ2v) is 3.65. The molecule has 0 amide bonds. The lowest BCUT2D eigenvalue weighted by atomic mass is 10.1. The maximum Gasteiger partial charge on any atom is 0.0311 e. The van der Waals surface area contributed by atoms with Crippen LogP contribution in [0.25, 0.3) is 0 Å². The van der Waals surface area contributed by atoms with Crippen LogP contribution >= 0.6 is 0 Å². The molecule has 0 radical (unpaired) electrons. The number of nitrogens with zero attached hydrogens (tertiary/aromatic N) is 1. The normalized spacial score (nSPS) is 11.3. The van der Waals surface area contributed by atoms with E-state index in [1.807, 2.05) is 0 Å². The van der Waals surface area contributed by atoms with E-state index in [1.54, 1.807) is 0 Å². The van der Waals surface area contributed by atoms with Crippen LogP contribution in [-0.4, -0.2) is 17.5 Å². The Balaban J connectivity index is 4.08. The largest absolute Gasteiger partial charge is 0.374 e. The summed E-state index contributed by atoms with van der Waals surface area (Å²) in [6.45, 7) is 12.7. The van der Waals surface area contributed by atoms with Crippen LogP contribution in [0.15, 0.2) is 12.3 Å². The molecule has 1 heteroatoms. The van der Waals surface area contributed by atoms with Crippen molar-refractivity contribution in [3.05, 3.63) is 12.3 Å². The monoisotopic (exact) mass is 141 g/mol. The number of rotatable bonds is 2. The second kappa shape index (κ2) is 3.09. The molecule has 60 valence electrons. The van der Waals surface area contributed by atoms with Crippen molar-refractivity contribution < 1.29 is 0 Å². The number of hydrogen-bond donors (Lipinski definition) is 0. The molecule has 0 spiro atoms. The van der Waals surface area contributed by atoms with Crippen molar-refractivity contribution in [2.75, 3.05) is 7.05 Å². The van der Waals surface area contributed by atoms with Crippen LogP contribution in [0.2, 0.25) is 0 Å². The zero-order valence-corrected chi connectivity index (χ0v) is 7.86. The molecule has 0 aromatic rings. The first-order chi connectivity index (χ1) is 4.39. The van der Waals surface area contributed by atoms with E-state index in [2.05, 4.69) is 46.2 Å². The molecule has 0 rings (SSSR count). The standard InChI is InChI=1S/C9H19N/c1-7-8(2)10(6)9(3,4)5/h2,7H2,1,3-6H3. The van der Waals surface area contributed by atoms with Crippen molar-refractivity contribution in [1.29, 1.82) is 0 Å². The van der Waals surface area contributed by atoms with E-state index in [0.29, 0.717) is 0 Å². The van der Waals surface area contributed by atoms with Crippen LogP contribution in [-0.2, 0) is 0 Å². The summed E-state index contributed by atoms with van der Waals surface area (Å²) in [5.41, 5.74) is 1.42.